The molecule has 1 rings (SSSR count). The Morgan fingerprint density at radius 1 is 1.19 bits per heavy atom. The standard InChI is InChI=1S/C18H29NO2/c1-5-8-14-19(15(4)6-2)17(18(20)21-7-3)16-12-10-9-11-13-16/h9-13,15,17H,5-8,14H2,1-4H3. The molecule has 0 aromatic heterocycles. The van der Waals surface area contributed by atoms with E-state index in [1.165, 1.54) is 0 Å². The van der Waals surface area contributed by atoms with Gasteiger partial charge in [0.25, 0.3) is 0 Å². The lowest BCUT2D eigenvalue weighted by molar-refractivity contribution is -0.151. The van der Waals surface area contributed by atoms with Crippen LogP contribution in [0.1, 0.15) is 58.6 Å². The third-order valence-corrected chi connectivity index (χ3v) is 3.88. The number of nitrogens with zero attached hydrogens (tertiary/aromatic N) is 1. The SMILES string of the molecule is CCCCN(C(C)CC)C(C(=O)OCC)c1ccccc1. The first kappa shape index (κ1) is 17.7. The zero-order chi connectivity index (χ0) is 15.7. The predicted octanol–water partition coefficient (Wildman–Crippen LogP) is 4.19. The predicted molar refractivity (Wildman–Crippen MR) is 87.2 cm³/mol. The second kappa shape index (κ2) is 9.56. The van der Waals surface area contributed by atoms with Gasteiger partial charge in [-0.1, -0.05) is 50.6 Å². The topological polar surface area (TPSA) is 29.5 Å². The maximum absolute atomic E-state index is 12.5. The lowest BCUT2D eigenvalue weighted by atomic mass is 10.0. The molecule has 0 saturated heterocycles. The molecule has 1 aromatic rings. The Kier molecular flexibility index (Phi) is 8.06. The van der Waals surface area contributed by atoms with Crippen LogP contribution >= 0.6 is 0 Å². The van der Waals surface area contributed by atoms with Gasteiger partial charge in [0.05, 0.1) is 6.61 Å². The first-order valence-electron chi connectivity index (χ1n) is 8.12. The van der Waals surface area contributed by atoms with Gasteiger partial charge in [0.1, 0.15) is 6.04 Å². The van der Waals surface area contributed by atoms with Crippen molar-refractivity contribution in [1.82, 2.24) is 4.90 Å². The van der Waals surface area contributed by atoms with Crippen LogP contribution in [0.2, 0.25) is 0 Å². The molecule has 0 aliphatic heterocycles. The number of ether oxygens (including phenoxy) is 1. The van der Waals surface area contributed by atoms with Crippen LogP contribution in [0.3, 0.4) is 0 Å². The van der Waals surface area contributed by atoms with Gasteiger partial charge < -0.3 is 4.74 Å². The van der Waals surface area contributed by atoms with Crippen molar-refractivity contribution in [3.8, 4) is 0 Å². The van der Waals surface area contributed by atoms with Crippen LogP contribution in [-0.2, 0) is 9.53 Å². The molecule has 3 heteroatoms. The highest BCUT2D eigenvalue weighted by Gasteiger charge is 2.31. The third kappa shape index (κ3) is 5.16. The Labute approximate surface area is 129 Å². The highest BCUT2D eigenvalue weighted by atomic mass is 16.5. The van der Waals surface area contributed by atoms with E-state index in [0.717, 1.165) is 31.4 Å². The summed E-state index contributed by atoms with van der Waals surface area (Å²) in [6, 6.07) is 10.0. The van der Waals surface area contributed by atoms with Crippen molar-refractivity contribution in [2.45, 2.75) is 59.0 Å². The molecule has 0 bridgehead atoms. The number of carbonyl (C=O) groups excluding carboxylic acids is 1. The first-order chi connectivity index (χ1) is 10.2. The fourth-order valence-electron chi connectivity index (χ4n) is 2.50. The molecule has 0 spiro atoms. The number of benzene rings is 1. The maximum atomic E-state index is 12.5. The summed E-state index contributed by atoms with van der Waals surface area (Å²) >= 11 is 0. The van der Waals surface area contributed by atoms with Crippen molar-refractivity contribution in [3.05, 3.63) is 35.9 Å². The molecule has 21 heavy (non-hydrogen) atoms. The largest absolute Gasteiger partial charge is 0.465 e. The van der Waals surface area contributed by atoms with Gasteiger partial charge in [0.2, 0.25) is 0 Å². The first-order valence-corrected chi connectivity index (χ1v) is 8.12. The number of hydrogen-bond acceptors (Lipinski definition) is 3. The molecule has 2 atom stereocenters. The molecule has 1 aromatic carbocycles. The van der Waals surface area contributed by atoms with Gasteiger partial charge >= 0.3 is 5.97 Å². The Balaban J connectivity index is 3.08. The van der Waals surface area contributed by atoms with Crippen LogP contribution < -0.4 is 0 Å². The molecule has 0 amide bonds. The summed E-state index contributed by atoms with van der Waals surface area (Å²) in [6.45, 7) is 9.73. The minimum atomic E-state index is -0.298. The second-order valence-electron chi connectivity index (χ2n) is 5.41. The Morgan fingerprint density at radius 3 is 2.38 bits per heavy atom. The highest BCUT2D eigenvalue weighted by Crippen LogP contribution is 2.26. The van der Waals surface area contributed by atoms with Crippen LogP contribution in [-0.4, -0.2) is 30.1 Å². The molecular weight excluding hydrogens is 262 g/mol. The summed E-state index contributed by atoms with van der Waals surface area (Å²) in [5.41, 5.74) is 1.02. The highest BCUT2D eigenvalue weighted by molar-refractivity contribution is 5.77. The van der Waals surface area contributed by atoms with Crippen molar-refractivity contribution in [2.24, 2.45) is 0 Å². The van der Waals surface area contributed by atoms with E-state index in [4.69, 9.17) is 4.74 Å². The molecule has 0 aliphatic carbocycles. The van der Waals surface area contributed by atoms with Crippen molar-refractivity contribution in [1.29, 1.82) is 0 Å². The van der Waals surface area contributed by atoms with Crippen LogP contribution in [0.15, 0.2) is 30.3 Å². The maximum Gasteiger partial charge on any atom is 0.328 e. The zero-order valence-corrected chi connectivity index (χ0v) is 13.8. The third-order valence-electron chi connectivity index (χ3n) is 3.88. The number of unbranched alkanes of at least 4 members (excludes halogenated alkanes) is 1. The van der Waals surface area contributed by atoms with Gasteiger partial charge in [0, 0.05) is 6.04 Å². The number of carbonyl (C=O) groups is 1. The fraction of sp³-hybridized carbons (Fsp3) is 0.611. The average molecular weight is 291 g/mol. The molecule has 3 nitrogen and oxygen atoms in total. The van der Waals surface area contributed by atoms with Gasteiger partial charge in [-0.2, -0.15) is 0 Å². The van der Waals surface area contributed by atoms with Crippen molar-refractivity contribution in [2.75, 3.05) is 13.2 Å². The summed E-state index contributed by atoms with van der Waals surface area (Å²) in [4.78, 5) is 14.8. The van der Waals surface area contributed by atoms with Crippen LogP contribution in [0, 0.1) is 0 Å². The minimum absolute atomic E-state index is 0.139. The van der Waals surface area contributed by atoms with Gasteiger partial charge in [-0.3, -0.25) is 4.90 Å². The lowest BCUT2D eigenvalue weighted by Gasteiger charge is -2.35. The summed E-state index contributed by atoms with van der Waals surface area (Å²) in [7, 11) is 0. The minimum Gasteiger partial charge on any atom is -0.465 e. The lowest BCUT2D eigenvalue weighted by Crippen LogP contribution is -2.41. The summed E-state index contributed by atoms with van der Waals surface area (Å²) in [6.07, 6.45) is 3.23. The molecule has 2 unspecified atom stereocenters. The summed E-state index contributed by atoms with van der Waals surface area (Å²) < 4.78 is 5.33. The van der Waals surface area contributed by atoms with Gasteiger partial charge in [-0.05, 0) is 38.8 Å². The summed E-state index contributed by atoms with van der Waals surface area (Å²) in [5.74, 6) is -0.139. The fourth-order valence-corrected chi connectivity index (χ4v) is 2.50. The molecule has 0 heterocycles. The smallest absolute Gasteiger partial charge is 0.328 e. The van der Waals surface area contributed by atoms with E-state index in [9.17, 15) is 4.79 Å². The van der Waals surface area contributed by atoms with E-state index in [1.807, 2.05) is 37.3 Å². The van der Waals surface area contributed by atoms with Crippen molar-refractivity contribution in [3.63, 3.8) is 0 Å². The number of esters is 1. The zero-order valence-electron chi connectivity index (χ0n) is 13.8. The average Bonchev–Trinajstić information content (AvgIpc) is 2.51. The van der Waals surface area contributed by atoms with E-state index in [-0.39, 0.29) is 12.0 Å². The van der Waals surface area contributed by atoms with Gasteiger partial charge in [0.15, 0.2) is 0 Å². The molecular formula is C18H29NO2. The van der Waals surface area contributed by atoms with Gasteiger partial charge in [-0.15, -0.1) is 0 Å². The normalized spacial score (nSPS) is 14.0. The van der Waals surface area contributed by atoms with E-state index in [1.54, 1.807) is 0 Å². The Morgan fingerprint density at radius 2 is 1.86 bits per heavy atom. The van der Waals surface area contributed by atoms with E-state index < -0.39 is 0 Å². The number of rotatable bonds is 9. The summed E-state index contributed by atoms with van der Waals surface area (Å²) in [5, 5.41) is 0. The van der Waals surface area contributed by atoms with Crippen LogP contribution in [0.25, 0.3) is 0 Å². The molecule has 0 aliphatic rings. The van der Waals surface area contributed by atoms with Crippen LogP contribution in [0.4, 0.5) is 0 Å². The van der Waals surface area contributed by atoms with E-state index in [0.29, 0.717) is 12.6 Å². The van der Waals surface area contributed by atoms with Crippen molar-refractivity contribution < 1.29 is 9.53 Å². The molecule has 0 N–H and O–H groups in total. The molecule has 0 saturated carbocycles. The van der Waals surface area contributed by atoms with E-state index in [2.05, 4.69) is 25.7 Å². The molecule has 0 fully saturated rings. The monoisotopic (exact) mass is 291 g/mol. The number of hydrogen-bond donors (Lipinski definition) is 0. The molecule has 0 radical (unpaired) electrons. The van der Waals surface area contributed by atoms with E-state index >= 15 is 0 Å². The second-order valence-corrected chi connectivity index (χ2v) is 5.41. The van der Waals surface area contributed by atoms with Crippen LogP contribution in [0.5, 0.6) is 0 Å². The van der Waals surface area contributed by atoms with Crippen molar-refractivity contribution >= 4 is 5.97 Å². The van der Waals surface area contributed by atoms with Gasteiger partial charge in [-0.25, -0.2) is 4.79 Å². The molecule has 118 valence electrons. The Bertz CT molecular complexity index is 405. The Hall–Kier alpha value is -1.35. The quantitative estimate of drug-likeness (QED) is 0.639.